The van der Waals surface area contributed by atoms with Crippen molar-refractivity contribution in [3.05, 3.63) is 58.3 Å². The van der Waals surface area contributed by atoms with Crippen LogP contribution in [-0.4, -0.2) is 25.4 Å². The lowest BCUT2D eigenvalue weighted by Gasteiger charge is -2.26. The van der Waals surface area contributed by atoms with Gasteiger partial charge in [-0.25, -0.2) is 18.5 Å². The van der Waals surface area contributed by atoms with Crippen LogP contribution in [0, 0.1) is 10.1 Å². The van der Waals surface area contributed by atoms with Crippen molar-refractivity contribution >= 4 is 21.5 Å². The monoisotopic (exact) mass is 336 g/mol. The van der Waals surface area contributed by atoms with E-state index in [2.05, 4.69) is 4.98 Å². The maximum absolute atomic E-state index is 11.3. The van der Waals surface area contributed by atoms with Gasteiger partial charge in [-0.15, -0.1) is 0 Å². The van der Waals surface area contributed by atoms with Gasteiger partial charge < -0.3 is 4.90 Å². The van der Waals surface area contributed by atoms with Crippen LogP contribution in [-0.2, 0) is 10.0 Å². The number of sulfonamides is 1. The highest BCUT2D eigenvalue weighted by atomic mass is 32.2. The Hall–Kier alpha value is -2.52. The molecule has 0 aliphatic carbocycles. The van der Waals surface area contributed by atoms with Crippen molar-refractivity contribution in [1.82, 2.24) is 4.98 Å². The standard InChI is InChI=1S/C14H16N4O4S/c1-10(11-3-6-13(7-4-11)23(15,21)22)17(2)14-8-5-12(9-16-14)18(19)20/h3-10H,1-2H3,(H2,15,21,22)/t10-/m0/s1. The van der Waals surface area contributed by atoms with E-state index in [-0.39, 0.29) is 16.6 Å². The fourth-order valence-corrected chi connectivity index (χ4v) is 2.57. The molecular weight excluding hydrogens is 320 g/mol. The molecule has 0 radical (unpaired) electrons. The van der Waals surface area contributed by atoms with E-state index < -0.39 is 14.9 Å². The molecule has 1 heterocycles. The third-order valence-corrected chi connectivity index (χ3v) is 4.51. The van der Waals surface area contributed by atoms with Crippen LogP contribution >= 0.6 is 0 Å². The first-order valence-corrected chi connectivity index (χ1v) is 8.21. The SMILES string of the molecule is C[C@@H](c1ccc(S(N)(=O)=O)cc1)N(C)c1ccc([N+](=O)[O-])cn1. The molecule has 0 aliphatic heterocycles. The molecule has 2 N–H and O–H groups in total. The average molecular weight is 336 g/mol. The number of hydrogen-bond acceptors (Lipinski definition) is 6. The van der Waals surface area contributed by atoms with Crippen molar-refractivity contribution in [2.45, 2.75) is 17.9 Å². The van der Waals surface area contributed by atoms with Gasteiger partial charge in [-0.1, -0.05) is 12.1 Å². The number of nitrogens with two attached hydrogens (primary N) is 1. The van der Waals surface area contributed by atoms with Crippen LogP contribution in [0.2, 0.25) is 0 Å². The molecule has 0 unspecified atom stereocenters. The van der Waals surface area contributed by atoms with E-state index in [1.54, 1.807) is 25.2 Å². The highest BCUT2D eigenvalue weighted by Crippen LogP contribution is 2.25. The van der Waals surface area contributed by atoms with Crippen LogP contribution in [0.3, 0.4) is 0 Å². The van der Waals surface area contributed by atoms with Gasteiger partial charge in [-0.2, -0.15) is 0 Å². The molecule has 23 heavy (non-hydrogen) atoms. The zero-order valence-electron chi connectivity index (χ0n) is 12.6. The fourth-order valence-electron chi connectivity index (χ4n) is 2.05. The molecule has 2 rings (SSSR count). The number of pyridine rings is 1. The number of nitro groups is 1. The molecule has 0 fully saturated rings. The summed E-state index contributed by atoms with van der Waals surface area (Å²) >= 11 is 0. The number of hydrogen-bond donors (Lipinski definition) is 1. The Labute approximate surface area is 133 Å². The molecule has 0 aliphatic rings. The first-order chi connectivity index (χ1) is 10.7. The molecule has 9 heteroatoms. The van der Waals surface area contributed by atoms with Crippen LogP contribution in [0.5, 0.6) is 0 Å². The molecule has 8 nitrogen and oxygen atoms in total. The van der Waals surface area contributed by atoms with Gasteiger partial charge in [-0.3, -0.25) is 10.1 Å². The van der Waals surface area contributed by atoms with Gasteiger partial charge in [0.2, 0.25) is 10.0 Å². The maximum atomic E-state index is 11.3. The molecule has 122 valence electrons. The van der Waals surface area contributed by atoms with Crippen molar-refractivity contribution in [3.8, 4) is 0 Å². The normalized spacial score (nSPS) is 12.7. The topological polar surface area (TPSA) is 119 Å². The molecule has 0 saturated carbocycles. The molecule has 0 saturated heterocycles. The Morgan fingerprint density at radius 2 is 1.83 bits per heavy atom. The predicted octanol–water partition coefficient (Wildman–Crippen LogP) is 1.83. The summed E-state index contributed by atoms with van der Waals surface area (Å²) in [5, 5.41) is 15.7. The first-order valence-electron chi connectivity index (χ1n) is 6.66. The van der Waals surface area contributed by atoms with E-state index in [0.717, 1.165) is 5.56 Å². The van der Waals surface area contributed by atoms with Crippen LogP contribution in [0.25, 0.3) is 0 Å². The van der Waals surface area contributed by atoms with Crippen LogP contribution in [0.1, 0.15) is 18.5 Å². The van der Waals surface area contributed by atoms with E-state index in [9.17, 15) is 18.5 Å². The fraction of sp³-hybridized carbons (Fsp3) is 0.214. The minimum atomic E-state index is -3.72. The summed E-state index contributed by atoms with van der Waals surface area (Å²) < 4.78 is 22.5. The van der Waals surface area contributed by atoms with Gasteiger partial charge in [0, 0.05) is 13.1 Å². The molecule has 0 spiro atoms. The number of anilines is 1. The molecule has 1 aromatic heterocycles. The van der Waals surface area contributed by atoms with E-state index in [1.807, 2.05) is 11.8 Å². The summed E-state index contributed by atoms with van der Waals surface area (Å²) in [4.78, 5) is 16.1. The first kappa shape index (κ1) is 16.8. The highest BCUT2D eigenvalue weighted by Gasteiger charge is 2.16. The lowest BCUT2D eigenvalue weighted by atomic mass is 10.1. The van der Waals surface area contributed by atoms with Crippen LogP contribution < -0.4 is 10.0 Å². The second-order valence-electron chi connectivity index (χ2n) is 5.03. The summed E-state index contributed by atoms with van der Waals surface area (Å²) in [7, 11) is -1.92. The summed E-state index contributed by atoms with van der Waals surface area (Å²) in [6, 6.07) is 9.07. The third-order valence-electron chi connectivity index (χ3n) is 3.58. The minimum Gasteiger partial charge on any atom is -0.353 e. The largest absolute Gasteiger partial charge is 0.353 e. The number of aromatic nitrogens is 1. The van der Waals surface area contributed by atoms with Crippen molar-refractivity contribution in [2.24, 2.45) is 5.14 Å². The van der Waals surface area contributed by atoms with E-state index in [1.165, 1.54) is 24.4 Å². The minimum absolute atomic E-state index is 0.0459. The quantitative estimate of drug-likeness (QED) is 0.657. The lowest BCUT2D eigenvalue weighted by molar-refractivity contribution is -0.385. The summed E-state index contributed by atoms with van der Waals surface area (Å²) in [6.45, 7) is 1.91. The molecular formula is C14H16N4O4S. The van der Waals surface area contributed by atoms with Gasteiger partial charge in [0.25, 0.3) is 5.69 Å². The Balaban J connectivity index is 2.22. The van der Waals surface area contributed by atoms with Crippen molar-refractivity contribution in [2.75, 3.05) is 11.9 Å². The molecule has 0 bridgehead atoms. The van der Waals surface area contributed by atoms with E-state index >= 15 is 0 Å². The average Bonchev–Trinajstić information content (AvgIpc) is 2.53. The molecule has 0 amide bonds. The summed E-state index contributed by atoms with van der Waals surface area (Å²) in [5.41, 5.74) is 0.785. The molecule has 2 aromatic rings. The zero-order chi connectivity index (χ0) is 17.2. The Kier molecular flexibility index (Phi) is 4.62. The van der Waals surface area contributed by atoms with Crippen LogP contribution in [0.15, 0.2) is 47.5 Å². The lowest BCUT2D eigenvalue weighted by Crippen LogP contribution is -2.22. The maximum Gasteiger partial charge on any atom is 0.287 e. The van der Waals surface area contributed by atoms with E-state index in [0.29, 0.717) is 5.82 Å². The third kappa shape index (κ3) is 3.82. The Bertz CT molecular complexity index is 804. The Morgan fingerprint density at radius 1 is 1.22 bits per heavy atom. The second-order valence-corrected chi connectivity index (χ2v) is 6.59. The van der Waals surface area contributed by atoms with Gasteiger partial charge in [-0.05, 0) is 30.7 Å². The number of rotatable bonds is 5. The summed E-state index contributed by atoms with van der Waals surface area (Å²) in [6.07, 6.45) is 1.20. The number of benzene rings is 1. The Morgan fingerprint density at radius 3 is 2.26 bits per heavy atom. The van der Waals surface area contributed by atoms with Gasteiger partial charge in [0.05, 0.1) is 15.9 Å². The number of nitrogens with zero attached hydrogens (tertiary/aromatic N) is 3. The van der Waals surface area contributed by atoms with Crippen LogP contribution in [0.4, 0.5) is 11.5 Å². The van der Waals surface area contributed by atoms with Gasteiger partial charge >= 0.3 is 0 Å². The van der Waals surface area contributed by atoms with E-state index in [4.69, 9.17) is 5.14 Å². The van der Waals surface area contributed by atoms with Crippen molar-refractivity contribution in [1.29, 1.82) is 0 Å². The molecule has 1 atom stereocenters. The van der Waals surface area contributed by atoms with Gasteiger partial charge in [0.1, 0.15) is 12.0 Å². The van der Waals surface area contributed by atoms with Crippen molar-refractivity contribution in [3.63, 3.8) is 0 Å². The summed E-state index contributed by atoms with van der Waals surface area (Å²) in [5.74, 6) is 0.568. The zero-order valence-corrected chi connectivity index (χ0v) is 13.4. The van der Waals surface area contributed by atoms with Crippen molar-refractivity contribution < 1.29 is 13.3 Å². The number of primary sulfonamides is 1. The smallest absolute Gasteiger partial charge is 0.287 e. The molecule has 1 aromatic carbocycles. The second kappa shape index (κ2) is 6.31. The highest BCUT2D eigenvalue weighted by molar-refractivity contribution is 7.89. The predicted molar refractivity (Wildman–Crippen MR) is 85.5 cm³/mol. The van der Waals surface area contributed by atoms with Gasteiger partial charge in [0.15, 0.2) is 0 Å².